The van der Waals surface area contributed by atoms with Crippen LogP contribution in [0.1, 0.15) is 29.2 Å². The van der Waals surface area contributed by atoms with E-state index in [1.165, 1.54) is 15.3 Å². The lowest BCUT2D eigenvalue weighted by molar-refractivity contribution is -0.924. The van der Waals surface area contributed by atoms with Crippen LogP contribution in [0.5, 0.6) is 0 Å². The van der Waals surface area contributed by atoms with Crippen molar-refractivity contribution in [3.8, 4) is 0 Å². The van der Waals surface area contributed by atoms with Crippen molar-refractivity contribution in [2.45, 2.75) is 25.9 Å². The maximum absolute atomic E-state index is 12.1. The van der Waals surface area contributed by atoms with E-state index in [-0.39, 0.29) is 18.5 Å². The summed E-state index contributed by atoms with van der Waals surface area (Å²) in [6.07, 6.45) is 2.53. The van der Waals surface area contributed by atoms with Gasteiger partial charge in [0.15, 0.2) is 6.54 Å². The zero-order chi connectivity index (χ0) is 16.2. The molecule has 0 aromatic carbocycles. The van der Waals surface area contributed by atoms with Gasteiger partial charge in [-0.1, -0.05) is 0 Å². The molecular formula is C16H20N3O3S+. The normalized spacial score (nSPS) is 19.9. The number of carbonyl (C=O) groups is 2. The molecule has 2 aromatic heterocycles. The molecule has 0 spiro atoms. The minimum Gasteiger partial charge on any atom is -0.467 e. The van der Waals surface area contributed by atoms with Gasteiger partial charge >= 0.3 is 6.03 Å². The number of furan rings is 1. The third kappa shape index (κ3) is 3.80. The van der Waals surface area contributed by atoms with Crippen LogP contribution in [0.25, 0.3) is 0 Å². The summed E-state index contributed by atoms with van der Waals surface area (Å²) >= 11 is 1.78. The molecule has 3 rings (SSSR count). The van der Waals surface area contributed by atoms with Gasteiger partial charge in [0.25, 0.3) is 5.91 Å². The van der Waals surface area contributed by atoms with Crippen molar-refractivity contribution in [1.29, 1.82) is 0 Å². The standard InChI is InChI=1S/C16H19N3O3S/c1-11-13-5-8-23-14(13)4-6-19(11)10-15(20)18-16(21)17-9-12-3-2-7-22-12/h2-3,5,7-8,11H,4,6,9-10H2,1H3,(H2,17,18,20,21)/p+1/t11-/m1/s1. The third-order valence-corrected chi connectivity index (χ3v) is 5.17. The number of thiophene rings is 1. The molecule has 1 aliphatic rings. The highest BCUT2D eigenvalue weighted by atomic mass is 32.1. The van der Waals surface area contributed by atoms with Gasteiger partial charge in [-0.15, -0.1) is 11.3 Å². The number of rotatable bonds is 4. The molecule has 1 unspecified atom stereocenters. The Balaban J connectivity index is 1.47. The summed E-state index contributed by atoms with van der Waals surface area (Å²) < 4.78 is 5.12. The van der Waals surface area contributed by atoms with Gasteiger partial charge in [-0.3, -0.25) is 10.1 Å². The Labute approximate surface area is 138 Å². The summed E-state index contributed by atoms with van der Waals surface area (Å²) in [7, 11) is 0. The smallest absolute Gasteiger partial charge is 0.321 e. The minimum absolute atomic E-state index is 0.261. The molecule has 2 aromatic rings. The molecule has 3 heterocycles. The van der Waals surface area contributed by atoms with Crippen molar-refractivity contribution in [3.63, 3.8) is 0 Å². The molecule has 0 fully saturated rings. The number of urea groups is 1. The van der Waals surface area contributed by atoms with Crippen molar-refractivity contribution < 1.29 is 18.9 Å². The SMILES string of the molecule is C[C@@H]1c2ccsc2CC[NH+]1CC(=O)NC(=O)NCc1ccco1. The largest absolute Gasteiger partial charge is 0.467 e. The Hall–Kier alpha value is -2.12. The van der Waals surface area contributed by atoms with E-state index in [0.717, 1.165) is 13.0 Å². The maximum atomic E-state index is 12.1. The van der Waals surface area contributed by atoms with Crippen molar-refractivity contribution in [3.05, 3.63) is 46.0 Å². The van der Waals surface area contributed by atoms with E-state index in [1.807, 2.05) is 0 Å². The molecule has 3 amide bonds. The van der Waals surface area contributed by atoms with Crippen LogP contribution in [0.2, 0.25) is 0 Å². The van der Waals surface area contributed by atoms with E-state index in [2.05, 4.69) is 29.0 Å². The average Bonchev–Trinajstić information content (AvgIpc) is 3.19. The van der Waals surface area contributed by atoms with Crippen LogP contribution in [-0.2, 0) is 17.8 Å². The van der Waals surface area contributed by atoms with Gasteiger partial charge in [-0.25, -0.2) is 4.79 Å². The molecule has 122 valence electrons. The van der Waals surface area contributed by atoms with Gasteiger partial charge in [-0.05, 0) is 30.5 Å². The molecule has 0 saturated heterocycles. The van der Waals surface area contributed by atoms with E-state index in [0.29, 0.717) is 12.3 Å². The van der Waals surface area contributed by atoms with Gasteiger partial charge in [0.05, 0.1) is 19.4 Å². The zero-order valence-corrected chi connectivity index (χ0v) is 13.7. The topological polar surface area (TPSA) is 75.8 Å². The van der Waals surface area contributed by atoms with Crippen molar-refractivity contribution in [2.24, 2.45) is 0 Å². The molecule has 7 heteroatoms. The minimum atomic E-state index is -0.494. The van der Waals surface area contributed by atoms with Crippen LogP contribution in [-0.4, -0.2) is 25.0 Å². The molecule has 23 heavy (non-hydrogen) atoms. The van der Waals surface area contributed by atoms with Crippen LogP contribution in [0.3, 0.4) is 0 Å². The van der Waals surface area contributed by atoms with E-state index >= 15 is 0 Å². The molecule has 1 aliphatic heterocycles. The van der Waals surface area contributed by atoms with Crippen molar-refractivity contribution >= 4 is 23.3 Å². The van der Waals surface area contributed by atoms with E-state index in [9.17, 15) is 9.59 Å². The second kappa shape index (κ2) is 6.97. The fourth-order valence-electron chi connectivity index (χ4n) is 2.89. The Bertz CT molecular complexity index is 681. The first-order chi connectivity index (χ1) is 11.1. The molecular weight excluding hydrogens is 314 g/mol. The highest BCUT2D eigenvalue weighted by Crippen LogP contribution is 2.24. The Morgan fingerprint density at radius 1 is 1.43 bits per heavy atom. The Morgan fingerprint density at radius 3 is 3.09 bits per heavy atom. The van der Waals surface area contributed by atoms with Gasteiger partial charge in [0.1, 0.15) is 11.8 Å². The molecule has 3 N–H and O–H groups in total. The molecule has 0 radical (unpaired) electrons. The molecule has 0 saturated carbocycles. The number of nitrogens with one attached hydrogen (secondary N) is 3. The zero-order valence-electron chi connectivity index (χ0n) is 12.9. The second-order valence-electron chi connectivity index (χ2n) is 5.67. The number of carbonyl (C=O) groups excluding carboxylic acids is 2. The number of amides is 3. The van der Waals surface area contributed by atoms with Gasteiger partial charge < -0.3 is 14.6 Å². The maximum Gasteiger partial charge on any atom is 0.321 e. The summed E-state index contributed by atoms with van der Waals surface area (Å²) in [4.78, 5) is 26.4. The number of fused-ring (bicyclic) bond motifs is 1. The van der Waals surface area contributed by atoms with Crippen LogP contribution in [0.4, 0.5) is 4.79 Å². The molecule has 0 aliphatic carbocycles. The molecule has 2 atom stereocenters. The summed E-state index contributed by atoms with van der Waals surface area (Å²) in [5, 5.41) is 7.09. The van der Waals surface area contributed by atoms with Crippen LogP contribution < -0.4 is 15.5 Å². The first-order valence-corrected chi connectivity index (χ1v) is 8.52. The van der Waals surface area contributed by atoms with Crippen LogP contribution in [0.15, 0.2) is 34.3 Å². The highest BCUT2D eigenvalue weighted by molar-refractivity contribution is 7.10. The third-order valence-electron chi connectivity index (χ3n) is 4.18. The lowest BCUT2D eigenvalue weighted by atomic mass is 10.0. The lowest BCUT2D eigenvalue weighted by Gasteiger charge is -2.29. The number of hydrogen-bond donors (Lipinski definition) is 3. The van der Waals surface area contributed by atoms with E-state index < -0.39 is 6.03 Å². The second-order valence-corrected chi connectivity index (χ2v) is 6.67. The molecule has 0 bridgehead atoms. The lowest BCUT2D eigenvalue weighted by Crippen LogP contribution is -3.14. The predicted octanol–water partition coefficient (Wildman–Crippen LogP) is 0.869. The fraction of sp³-hybridized carbons (Fsp3) is 0.375. The van der Waals surface area contributed by atoms with Crippen LogP contribution in [0, 0.1) is 0 Å². The van der Waals surface area contributed by atoms with Crippen molar-refractivity contribution in [1.82, 2.24) is 10.6 Å². The highest BCUT2D eigenvalue weighted by Gasteiger charge is 2.29. The Kier molecular flexibility index (Phi) is 4.78. The number of hydrogen-bond acceptors (Lipinski definition) is 4. The number of imide groups is 1. The van der Waals surface area contributed by atoms with Gasteiger partial charge in [0.2, 0.25) is 0 Å². The average molecular weight is 334 g/mol. The van der Waals surface area contributed by atoms with Crippen molar-refractivity contribution in [2.75, 3.05) is 13.1 Å². The van der Waals surface area contributed by atoms with Gasteiger partial charge in [-0.2, -0.15) is 0 Å². The van der Waals surface area contributed by atoms with E-state index in [4.69, 9.17) is 4.42 Å². The Morgan fingerprint density at radius 2 is 2.30 bits per heavy atom. The predicted molar refractivity (Wildman–Crippen MR) is 86.2 cm³/mol. The molecule has 6 nitrogen and oxygen atoms in total. The fourth-order valence-corrected chi connectivity index (χ4v) is 3.87. The monoisotopic (exact) mass is 334 g/mol. The summed E-state index contributed by atoms with van der Waals surface area (Å²) in [5.74, 6) is 0.385. The summed E-state index contributed by atoms with van der Waals surface area (Å²) in [6, 6.07) is 5.44. The first-order valence-electron chi connectivity index (χ1n) is 7.64. The quantitative estimate of drug-likeness (QED) is 0.777. The summed E-state index contributed by atoms with van der Waals surface area (Å²) in [5.41, 5.74) is 1.33. The van der Waals surface area contributed by atoms with Gasteiger partial charge in [0, 0.05) is 16.9 Å². The summed E-state index contributed by atoms with van der Waals surface area (Å²) in [6.45, 7) is 3.60. The van der Waals surface area contributed by atoms with E-state index in [1.54, 1.807) is 29.7 Å². The first kappa shape index (κ1) is 15.8. The van der Waals surface area contributed by atoms with Crippen LogP contribution >= 0.6 is 11.3 Å². The number of quaternary nitrogens is 1.